The van der Waals surface area contributed by atoms with E-state index in [2.05, 4.69) is 35.2 Å². The van der Waals surface area contributed by atoms with Gasteiger partial charge in [0, 0.05) is 24.3 Å². The first-order chi connectivity index (χ1) is 7.83. The predicted molar refractivity (Wildman–Crippen MR) is 67.6 cm³/mol. The van der Waals surface area contributed by atoms with E-state index in [4.69, 9.17) is 0 Å². The molecule has 16 heavy (non-hydrogen) atoms. The second-order valence-electron chi connectivity index (χ2n) is 4.51. The quantitative estimate of drug-likeness (QED) is 0.844. The molecule has 1 aromatic heterocycles. The fourth-order valence-corrected chi connectivity index (χ4v) is 2.38. The molecular weight excluding hydrogens is 198 g/mol. The van der Waals surface area contributed by atoms with E-state index in [0.29, 0.717) is 6.04 Å². The molecule has 0 aromatic carbocycles. The van der Waals surface area contributed by atoms with Gasteiger partial charge in [-0.05, 0) is 38.9 Å². The summed E-state index contributed by atoms with van der Waals surface area (Å²) >= 11 is 0. The first-order valence-corrected chi connectivity index (χ1v) is 6.22. The second kappa shape index (κ2) is 5.30. The van der Waals surface area contributed by atoms with Gasteiger partial charge in [0.05, 0.1) is 0 Å². The van der Waals surface area contributed by atoms with Crippen LogP contribution in [0, 0.1) is 0 Å². The number of nitrogens with zero attached hydrogens (tertiary/aromatic N) is 2. The largest absolute Gasteiger partial charge is 0.370 e. The smallest absolute Gasteiger partial charge is 0.130 e. The van der Waals surface area contributed by atoms with Gasteiger partial charge >= 0.3 is 0 Å². The van der Waals surface area contributed by atoms with Crippen LogP contribution in [0.3, 0.4) is 0 Å². The van der Waals surface area contributed by atoms with E-state index in [1.54, 1.807) is 0 Å². The molecule has 3 heteroatoms. The molecule has 2 rings (SSSR count). The molecule has 0 aliphatic carbocycles. The monoisotopic (exact) mass is 219 g/mol. The van der Waals surface area contributed by atoms with Gasteiger partial charge in [-0.3, -0.25) is 4.90 Å². The summed E-state index contributed by atoms with van der Waals surface area (Å²) in [4.78, 5) is 6.88. The highest BCUT2D eigenvalue weighted by atomic mass is 15.2. The van der Waals surface area contributed by atoms with Gasteiger partial charge in [0.1, 0.15) is 5.82 Å². The van der Waals surface area contributed by atoms with Crippen LogP contribution in [0.5, 0.6) is 0 Å². The van der Waals surface area contributed by atoms with Crippen LogP contribution < -0.4 is 5.32 Å². The fourth-order valence-electron chi connectivity index (χ4n) is 2.38. The van der Waals surface area contributed by atoms with Gasteiger partial charge in [-0.25, -0.2) is 4.98 Å². The lowest BCUT2D eigenvalue weighted by Crippen LogP contribution is -2.19. The molecule has 2 heterocycles. The molecule has 1 unspecified atom stereocenters. The first kappa shape index (κ1) is 11.4. The van der Waals surface area contributed by atoms with Crippen LogP contribution >= 0.6 is 0 Å². The number of likely N-dealkylation sites (tertiary alicyclic amines) is 1. The lowest BCUT2D eigenvalue weighted by molar-refractivity contribution is 0.317. The zero-order chi connectivity index (χ0) is 11.4. The number of hydrogen-bond acceptors (Lipinski definition) is 3. The summed E-state index contributed by atoms with van der Waals surface area (Å²) in [5, 5.41) is 3.42. The molecule has 0 radical (unpaired) electrons. The molecule has 1 aliphatic heterocycles. The minimum atomic E-state index is 0.549. The topological polar surface area (TPSA) is 28.2 Å². The SMILES string of the molecule is CCCNc1ncccc1C1CCCN1C. The fraction of sp³-hybridized carbons (Fsp3) is 0.615. The highest BCUT2D eigenvalue weighted by Gasteiger charge is 2.24. The number of rotatable bonds is 4. The minimum Gasteiger partial charge on any atom is -0.370 e. The van der Waals surface area contributed by atoms with Crippen LogP contribution in [0.4, 0.5) is 5.82 Å². The van der Waals surface area contributed by atoms with Gasteiger partial charge in [-0.2, -0.15) is 0 Å². The van der Waals surface area contributed by atoms with E-state index in [1.807, 2.05) is 12.3 Å². The van der Waals surface area contributed by atoms with Crippen molar-refractivity contribution in [3.63, 3.8) is 0 Å². The molecule has 1 atom stereocenters. The van der Waals surface area contributed by atoms with Crippen molar-refractivity contribution in [2.45, 2.75) is 32.2 Å². The lowest BCUT2D eigenvalue weighted by Gasteiger charge is -2.22. The van der Waals surface area contributed by atoms with Crippen LogP contribution in [-0.2, 0) is 0 Å². The summed E-state index contributed by atoms with van der Waals surface area (Å²) in [5.74, 6) is 1.07. The number of nitrogens with one attached hydrogen (secondary N) is 1. The van der Waals surface area contributed by atoms with E-state index in [1.165, 1.54) is 24.9 Å². The van der Waals surface area contributed by atoms with Gasteiger partial charge in [0.25, 0.3) is 0 Å². The van der Waals surface area contributed by atoms with E-state index in [9.17, 15) is 0 Å². The Hall–Kier alpha value is -1.09. The van der Waals surface area contributed by atoms with E-state index in [0.717, 1.165) is 18.8 Å². The summed E-state index contributed by atoms with van der Waals surface area (Å²) in [6, 6.07) is 4.80. The molecule has 0 amide bonds. The Kier molecular flexibility index (Phi) is 3.78. The third-order valence-corrected chi connectivity index (χ3v) is 3.26. The van der Waals surface area contributed by atoms with E-state index < -0.39 is 0 Å². The third-order valence-electron chi connectivity index (χ3n) is 3.26. The first-order valence-electron chi connectivity index (χ1n) is 6.22. The molecule has 1 saturated heterocycles. The Labute approximate surface area is 97.9 Å². The normalized spacial score (nSPS) is 21.2. The molecule has 0 spiro atoms. The van der Waals surface area contributed by atoms with E-state index >= 15 is 0 Å². The highest BCUT2D eigenvalue weighted by Crippen LogP contribution is 2.33. The molecular formula is C13H21N3. The third kappa shape index (κ3) is 2.35. The van der Waals surface area contributed by atoms with Gasteiger partial charge in [-0.1, -0.05) is 13.0 Å². The van der Waals surface area contributed by atoms with Gasteiger partial charge in [0.2, 0.25) is 0 Å². The summed E-state index contributed by atoms with van der Waals surface area (Å²) in [7, 11) is 2.20. The summed E-state index contributed by atoms with van der Waals surface area (Å²) in [5.41, 5.74) is 1.36. The average Bonchev–Trinajstić information content (AvgIpc) is 2.73. The van der Waals surface area contributed by atoms with Crippen LogP contribution in [0.15, 0.2) is 18.3 Å². The Morgan fingerprint density at radius 1 is 1.56 bits per heavy atom. The average molecular weight is 219 g/mol. The maximum absolute atomic E-state index is 4.46. The maximum atomic E-state index is 4.46. The van der Waals surface area contributed by atoms with Crippen molar-refractivity contribution in [3.05, 3.63) is 23.9 Å². The van der Waals surface area contributed by atoms with Crippen molar-refractivity contribution >= 4 is 5.82 Å². The number of pyridine rings is 1. The Balaban J connectivity index is 2.18. The number of anilines is 1. The second-order valence-corrected chi connectivity index (χ2v) is 4.51. The van der Waals surface area contributed by atoms with Crippen molar-refractivity contribution in [3.8, 4) is 0 Å². The van der Waals surface area contributed by atoms with Gasteiger partial charge in [-0.15, -0.1) is 0 Å². The van der Waals surface area contributed by atoms with E-state index in [-0.39, 0.29) is 0 Å². The van der Waals surface area contributed by atoms with Gasteiger partial charge in [0.15, 0.2) is 0 Å². The van der Waals surface area contributed by atoms with Crippen molar-refractivity contribution in [1.29, 1.82) is 0 Å². The highest BCUT2D eigenvalue weighted by molar-refractivity contribution is 5.45. The predicted octanol–water partition coefficient (Wildman–Crippen LogP) is 2.67. The molecule has 1 aliphatic rings. The summed E-state index contributed by atoms with van der Waals surface area (Å²) < 4.78 is 0. The molecule has 88 valence electrons. The number of hydrogen-bond donors (Lipinski definition) is 1. The maximum Gasteiger partial charge on any atom is 0.130 e. The molecule has 1 aromatic rings. The Bertz CT molecular complexity index is 338. The van der Waals surface area contributed by atoms with Crippen LogP contribution in [0.2, 0.25) is 0 Å². The van der Waals surface area contributed by atoms with Crippen LogP contribution in [0.1, 0.15) is 37.8 Å². The molecule has 0 bridgehead atoms. The molecule has 1 fully saturated rings. The van der Waals surface area contributed by atoms with Crippen molar-refractivity contribution in [1.82, 2.24) is 9.88 Å². The van der Waals surface area contributed by atoms with Crippen molar-refractivity contribution in [2.75, 3.05) is 25.5 Å². The van der Waals surface area contributed by atoms with Crippen molar-refractivity contribution in [2.24, 2.45) is 0 Å². The van der Waals surface area contributed by atoms with Crippen LogP contribution in [-0.4, -0.2) is 30.0 Å². The zero-order valence-electron chi connectivity index (χ0n) is 10.2. The Morgan fingerprint density at radius 2 is 2.44 bits per heavy atom. The molecule has 3 nitrogen and oxygen atoms in total. The Morgan fingerprint density at radius 3 is 3.12 bits per heavy atom. The van der Waals surface area contributed by atoms with Crippen LogP contribution in [0.25, 0.3) is 0 Å². The lowest BCUT2D eigenvalue weighted by atomic mass is 10.1. The molecule has 1 N–H and O–H groups in total. The van der Waals surface area contributed by atoms with Gasteiger partial charge < -0.3 is 5.32 Å². The minimum absolute atomic E-state index is 0.549. The zero-order valence-corrected chi connectivity index (χ0v) is 10.2. The summed E-state index contributed by atoms with van der Waals surface area (Å²) in [6.45, 7) is 4.38. The summed E-state index contributed by atoms with van der Waals surface area (Å²) in [6.07, 6.45) is 5.55. The number of aromatic nitrogens is 1. The standard InChI is InChI=1S/C13H21N3/c1-3-8-14-13-11(6-4-9-15-13)12-7-5-10-16(12)2/h4,6,9,12H,3,5,7-8,10H2,1-2H3,(H,14,15). The van der Waals surface area contributed by atoms with Crippen molar-refractivity contribution < 1.29 is 0 Å². The molecule has 0 saturated carbocycles.